The van der Waals surface area contributed by atoms with E-state index in [0.717, 1.165) is 19.3 Å². The maximum absolute atomic E-state index is 12.2. The third-order valence-corrected chi connectivity index (χ3v) is 4.70. The number of carbonyl (C=O) groups is 1. The van der Waals surface area contributed by atoms with Crippen LogP contribution in [0.15, 0.2) is 12.2 Å². The van der Waals surface area contributed by atoms with Gasteiger partial charge in [0.1, 0.15) is 5.78 Å². The highest BCUT2D eigenvalue weighted by Crippen LogP contribution is 2.54. The minimum atomic E-state index is -0.106. The lowest BCUT2D eigenvalue weighted by Crippen LogP contribution is -2.50. The molecule has 0 amide bonds. The molecule has 2 aliphatic carbocycles. The predicted molar refractivity (Wildman–Crippen MR) is 62.5 cm³/mol. The molecule has 0 aromatic carbocycles. The van der Waals surface area contributed by atoms with E-state index in [9.17, 15) is 4.79 Å². The van der Waals surface area contributed by atoms with Crippen LogP contribution in [-0.2, 0) is 4.79 Å². The molecule has 84 valence electrons. The summed E-state index contributed by atoms with van der Waals surface area (Å²) in [4.78, 5) is 12.2. The first-order valence-electron chi connectivity index (χ1n) is 6.04. The number of Topliss-reactive ketones (excluding diaryl/α,β-unsaturated/α-hetero) is 1. The third-order valence-electron chi connectivity index (χ3n) is 4.70. The molecule has 1 fully saturated rings. The molecule has 0 aromatic rings. The summed E-state index contributed by atoms with van der Waals surface area (Å²) in [5, 5.41) is 0. The fourth-order valence-electron chi connectivity index (χ4n) is 3.45. The molecular formula is C14H22O. The Labute approximate surface area is 92.9 Å². The average Bonchev–Trinajstić information content (AvgIpc) is 2.15. The maximum atomic E-state index is 12.2. The van der Waals surface area contributed by atoms with Crippen molar-refractivity contribution in [1.82, 2.24) is 0 Å². The van der Waals surface area contributed by atoms with Gasteiger partial charge in [-0.1, -0.05) is 39.8 Å². The van der Waals surface area contributed by atoms with Crippen molar-refractivity contribution in [3.63, 3.8) is 0 Å². The normalized spacial score (nSPS) is 37.5. The van der Waals surface area contributed by atoms with E-state index in [1.807, 2.05) is 0 Å². The predicted octanol–water partition coefficient (Wildman–Crippen LogP) is 3.59. The Kier molecular flexibility index (Phi) is 2.33. The van der Waals surface area contributed by atoms with Gasteiger partial charge in [0.25, 0.3) is 0 Å². The van der Waals surface area contributed by atoms with Crippen molar-refractivity contribution in [2.45, 2.75) is 47.0 Å². The Hall–Kier alpha value is -0.590. The van der Waals surface area contributed by atoms with E-state index in [-0.39, 0.29) is 10.8 Å². The molecule has 0 aromatic heterocycles. The molecule has 0 heterocycles. The van der Waals surface area contributed by atoms with Crippen LogP contribution >= 0.6 is 0 Å². The van der Waals surface area contributed by atoms with Gasteiger partial charge in [0.2, 0.25) is 0 Å². The fourth-order valence-corrected chi connectivity index (χ4v) is 3.45. The second-order valence-corrected chi connectivity index (χ2v) is 6.47. The molecule has 1 saturated carbocycles. The molecule has 2 rings (SSSR count). The van der Waals surface area contributed by atoms with Crippen LogP contribution in [0, 0.1) is 22.7 Å². The number of fused-ring (bicyclic) bond motifs is 1. The summed E-state index contributed by atoms with van der Waals surface area (Å²) in [6, 6.07) is 0. The standard InChI is InChI=1S/C14H22O/c1-13(2)9-12(15)14(3,4)11-8-6-5-7-10(11)13/h5-6,10-11H,7-9H2,1-4H3/t10-,11-/m1/s1. The van der Waals surface area contributed by atoms with Crippen molar-refractivity contribution < 1.29 is 4.79 Å². The zero-order valence-corrected chi connectivity index (χ0v) is 10.3. The zero-order valence-electron chi connectivity index (χ0n) is 10.3. The summed E-state index contributed by atoms with van der Waals surface area (Å²) in [5.74, 6) is 1.71. The summed E-state index contributed by atoms with van der Waals surface area (Å²) in [6.45, 7) is 8.80. The van der Waals surface area contributed by atoms with Crippen molar-refractivity contribution in [2.75, 3.05) is 0 Å². The molecule has 1 nitrogen and oxygen atoms in total. The molecule has 0 bridgehead atoms. The summed E-state index contributed by atoms with van der Waals surface area (Å²) < 4.78 is 0. The molecule has 0 unspecified atom stereocenters. The van der Waals surface area contributed by atoms with Gasteiger partial charge in [0.05, 0.1) is 0 Å². The summed E-state index contributed by atoms with van der Waals surface area (Å²) in [5.41, 5.74) is 0.0903. The lowest BCUT2D eigenvalue weighted by molar-refractivity contribution is -0.143. The molecule has 0 saturated heterocycles. The van der Waals surface area contributed by atoms with E-state index in [1.54, 1.807) is 0 Å². The summed E-state index contributed by atoms with van der Waals surface area (Å²) in [7, 11) is 0. The smallest absolute Gasteiger partial charge is 0.139 e. The van der Waals surface area contributed by atoms with Crippen LogP contribution in [0.25, 0.3) is 0 Å². The highest BCUT2D eigenvalue weighted by molar-refractivity contribution is 5.86. The molecule has 0 aliphatic heterocycles. The van der Waals surface area contributed by atoms with Crippen LogP contribution in [0.5, 0.6) is 0 Å². The van der Waals surface area contributed by atoms with Gasteiger partial charge in [-0.3, -0.25) is 4.79 Å². The van der Waals surface area contributed by atoms with Crippen molar-refractivity contribution in [1.29, 1.82) is 0 Å². The summed E-state index contributed by atoms with van der Waals surface area (Å²) in [6.07, 6.45) is 7.57. The number of hydrogen-bond acceptors (Lipinski definition) is 1. The van der Waals surface area contributed by atoms with Gasteiger partial charge in [0.15, 0.2) is 0 Å². The first kappa shape index (κ1) is 10.9. The van der Waals surface area contributed by atoms with Crippen molar-refractivity contribution in [2.24, 2.45) is 22.7 Å². The molecule has 0 spiro atoms. The Morgan fingerprint density at radius 3 is 2.20 bits per heavy atom. The molecule has 0 N–H and O–H groups in total. The van der Waals surface area contributed by atoms with E-state index in [2.05, 4.69) is 39.8 Å². The lowest BCUT2D eigenvalue weighted by atomic mass is 9.51. The SMILES string of the molecule is CC1(C)CC(=O)C(C)(C)[C@@H]2CC=CC[C@H]21. The van der Waals surface area contributed by atoms with Crippen LogP contribution in [0.2, 0.25) is 0 Å². The number of hydrogen-bond donors (Lipinski definition) is 0. The van der Waals surface area contributed by atoms with E-state index in [0.29, 0.717) is 17.6 Å². The van der Waals surface area contributed by atoms with Crippen molar-refractivity contribution >= 4 is 5.78 Å². The van der Waals surface area contributed by atoms with Gasteiger partial charge >= 0.3 is 0 Å². The lowest BCUT2D eigenvalue weighted by Gasteiger charge is -2.52. The Morgan fingerprint density at radius 1 is 1.07 bits per heavy atom. The monoisotopic (exact) mass is 206 g/mol. The highest BCUT2D eigenvalue weighted by Gasteiger charge is 2.51. The minimum absolute atomic E-state index is 0.106. The first-order valence-corrected chi connectivity index (χ1v) is 6.04. The molecule has 2 atom stereocenters. The van der Waals surface area contributed by atoms with Crippen molar-refractivity contribution in [3.8, 4) is 0 Å². The number of allylic oxidation sites excluding steroid dienone is 2. The molecule has 0 radical (unpaired) electrons. The van der Waals surface area contributed by atoms with Crippen LogP contribution in [0.3, 0.4) is 0 Å². The van der Waals surface area contributed by atoms with Gasteiger partial charge < -0.3 is 0 Å². The van der Waals surface area contributed by atoms with Gasteiger partial charge in [-0.25, -0.2) is 0 Å². The van der Waals surface area contributed by atoms with E-state index in [4.69, 9.17) is 0 Å². The number of carbonyl (C=O) groups excluding carboxylic acids is 1. The summed E-state index contributed by atoms with van der Waals surface area (Å²) >= 11 is 0. The molecule has 1 heteroatoms. The van der Waals surface area contributed by atoms with Gasteiger partial charge in [-0.2, -0.15) is 0 Å². The van der Waals surface area contributed by atoms with E-state index in [1.165, 1.54) is 0 Å². The fraction of sp³-hybridized carbons (Fsp3) is 0.786. The molecule has 15 heavy (non-hydrogen) atoms. The third kappa shape index (κ3) is 1.56. The average molecular weight is 206 g/mol. The zero-order chi connectivity index (χ0) is 11.3. The number of ketones is 1. The van der Waals surface area contributed by atoms with Gasteiger partial charge in [-0.15, -0.1) is 0 Å². The maximum Gasteiger partial charge on any atom is 0.139 e. The van der Waals surface area contributed by atoms with E-state index < -0.39 is 0 Å². The van der Waals surface area contributed by atoms with Crippen molar-refractivity contribution in [3.05, 3.63) is 12.2 Å². The Balaban J connectivity index is 2.38. The Bertz CT molecular complexity index is 309. The topological polar surface area (TPSA) is 17.1 Å². The molecule has 2 aliphatic rings. The van der Waals surface area contributed by atoms with Crippen LogP contribution < -0.4 is 0 Å². The quantitative estimate of drug-likeness (QED) is 0.553. The second-order valence-electron chi connectivity index (χ2n) is 6.47. The molecular weight excluding hydrogens is 184 g/mol. The largest absolute Gasteiger partial charge is 0.299 e. The highest BCUT2D eigenvalue weighted by atomic mass is 16.1. The van der Waals surface area contributed by atoms with Gasteiger partial charge in [0, 0.05) is 11.8 Å². The van der Waals surface area contributed by atoms with Crippen LogP contribution in [-0.4, -0.2) is 5.78 Å². The van der Waals surface area contributed by atoms with Crippen LogP contribution in [0.4, 0.5) is 0 Å². The minimum Gasteiger partial charge on any atom is -0.299 e. The second kappa shape index (κ2) is 3.20. The first-order chi connectivity index (χ1) is 6.86. The van der Waals surface area contributed by atoms with Gasteiger partial charge in [-0.05, 0) is 30.1 Å². The number of rotatable bonds is 0. The van der Waals surface area contributed by atoms with E-state index >= 15 is 0 Å². The van der Waals surface area contributed by atoms with Crippen LogP contribution in [0.1, 0.15) is 47.0 Å². The Morgan fingerprint density at radius 2 is 1.60 bits per heavy atom.